The molecule has 0 aliphatic carbocycles. The highest BCUT2D eigenvalue weighted by atomic mass is 35.5. The lowest BCUT2D eigenvalue weighted by Crippen LogP contribution is -2.62. The smallest absolute Gasteiger partial charge is 0.251 e. The molecule has 4 aliphatic rings. The molecule has 170 valence electrons. The van der Waals surface area contributed by atoms with Crippen LogP contribution in [-0.4, -0.2) is 35.1 Å². The van der Waals surface area contributed by atoms with Crippen molar-refractivity contribution in [3.8, 4) is 0 Å². The van der Waals surface area contributed by atoms with E-state index >= 15 is 0 Å². The molecule has 34 heavy (non-hydrogen) atoms. The van der Waals surface area contributed by atoms with Gasteiger partial charge in [0.05, 0.1) is 22.9 Å². The van der Waals surface area contributed by atoms with E-state index in [2.05, 4.69) is 15.5 Å². The number of Topliss-reactive ketones (excluding diaryl/α,β-unsaturated/α-hetero) is 1. The summed E-state index contributed by atoms with van der Waals surface area (Å²) >= 11 is 6.54. The maximum Gasteiger partial charge on any atom is 0.251 e. The maximum absolute atomic E-state index is 14.2. The standard InChI is InChI=1S/C26H20ClN3O4/c27-16-8-3-7-15-21(16)29-24(33)26(15)25(14-6-1-2-9-17(14)28-23(25)32)20(18-10-4-12-30(18)26)22(31)19-11-5-13-34-19/h1-3,5-9,11,13,18,20H,4,10,12H2,(H,28,32)(H,29,33). The predicted molar refractivity (Wildman–Crippen MR) is 125 cm³/mol. The van der Waals surface area contributed by atoms with Crippen molar-refractivity contribution in [2.45, 2.75) is 29.8 Å². The fraction of sp³-hybridized carbons (Fsp3) is 0.269. The van der Waals surface area contributed by atoms with Crippen LogP contribution in [0.15, 0.2) is 65.3 Å². The molecule has 2 N–H and O–H groups in total. The number of halogens is 1. The Morgan fingerprint density at radius 2 is 1.82 bits per heavy atom. The van der Waals surface area contributed by atoms with Gasteiger partial charge in [0, 0.05) is 17.3 Å². The minimum atomic E-state index is -1.49. The summed E-state index contributed by atoms with van der Waals surface area (Å²) in [5.41, 5.74) is -0.492. The monoisotopic (exact) mass is 473 g/mol. The third kappa shape index (κ3) is 2.03. The molecule has 1 aromatic heterocycles. The Labute approximate surface area is 200 Å². The van der Waals surface area contributed by atoms with Crippen LogP contribution in [0.2, 0.25) is 5.02 Å². The van der Waals surface area contributed by atoms with Gasteiger partial charge in [0.1, 0.15) is 11.0 Å². The first-order valence-corrected chi connectivity index (χ1v) is 11.8. The minimum Gasteiger partial charge on any atom is -0.461 e. The number of anilines is 2. The Kier molecular flexibility index (Phi) is 3.87. The molecule has 0 bridgehead atoms. The molecule has 4 atom stereocenters. The average Bonchev–Trinajstić information content (AvgIpc) is 3.62. The van der Waals surface area contributed by atoms with E-state index in [1.807, 2.05) is 30.3 Å². The van der Waals surface area contributed by atoms with Crippen LogP contribution in [0, 0.1) is 5.92 Å². The van der Waals surface area contributed by atoms with E-state index < -0.39 is 16.9 Å². The maximum atomic E-state index is 14.2. The van der Waals surface area contributed by atoms with Crippen LogP contribution in [0.5, 0.6) is 0 Å². The number of nitrogens with one attached hydrogen (secondary N) is 2. The molecule has 3 aromatic rings. The van der Waals surface area contributed by atoms with E-state index in [9.17, 15) is 14.4 Å². The summed E-state index contributed by atoms with van der Waals surface area (Å²) in [6.45, 7) is 0.586. The van der Waals surface area contributed by atoms with Crippen molar-refractivity contribution in [2.24, 2.45) is 5.92 Å². The molecule has 2 saturated heterocycles. The summed E-state index contributed by atoms with van der Waals surface area (Å²) in [5.74, 6) is -1.58. The second kappa shape index (κ2) is 6.58. The van der Waals surface area contributed by atoms with Crippen LogP contribution in [-0.2, 0) is 20.5 Å². The number of rotatable bonds is 2. The van der Waals surface area contributed by atoms with E-state index in [4.69, 9.17) is 16.0 Å². The van der Waals surface area contributed by atoms with Gasteiger partial charge in [-0.1, -0.05) is 41.9 Å². The number of fused-ring (bicyclic) bond motifs is 7. The van der Waals surface area contributed by atoms with Crippen molar-refractivity contribution >= 4 is 40.6 Å². The lowest BCUT2D eigenvalue weighted by Gasteiger charge is -2.43. The highest BCUT2D eigenvalue weighted by Gasteiger charge is 2.81. The Bertz CT molecular complexity index is 1400. The summed E-state index contributed by atoms with van der Waals surface area (Å²) in [4.78, 5) is 44.6. The molecule has 5 heterocycles. The summed E-state index contributed by atoms with van der Waals surface area (Å²) < 4.78 is 5.53. The highest BCUT2D eigenvalue weighted by Crippen LogP contribution is 2.68. The fourth-order valence-corrected chi connectivity index (χ4v) is 7.36. The van der Waals surface area contributed by atoms with Gasteiger partial charge in [0.15, 0.2) is 5.76 Å². The van der Waals surface area contributed by atoms with Gasteiger partial charge >= 0.3 is 0 Å². The van der Waals surface area contributed by atoms with Crippen molar-refractivity contribution in [3.05, 3.63) is 82.8 Å². The molecule has 4 aliphatic heterocycles. The number of amides is 2. The number of furan rings is 1. The Hall–Kier alpha value is -3.42. The van der Waals surface area contributed by atoms with E-state index in [0.29, 0.717) is 40.5 Å². The summed E-state index contributed by atoms with van der Waals surface area (Å²) in [6, 6.07) is 15.7. The van der Waals surface area contributed by atoms with Crippen LogP contribution in [0.1, 0.15) is 34.5 Å². The van der Waals surface area contributed by atoms with Crippen LogP contribution in [0.25, 0.3) is 0 Å². The zero-order chi connectivity index (χ0) is 23.2. The predicted octanol–water partition coefficient (Wildman–Crippen LogP) is 3.95. The molecule has 2 spiro atoms. The van der Waals surface area contributed by atoms with Gasteiger partial charge in [0.2, 0.25) is 11.7 Å². The normalized spacial score (nSPS) is 31.0. The molecule has 2 amide bonds. The number of hydrogen-bond acceptors (Lipinski definition) is 5. The summed E-state index contributed by atoms with van der Waals surface area (Å²) in [7, 11) is 0. The number of benzene rings is 2. The molecule has 7 nitrogen and oxygen atoms in total. The largest absolute Gasteiger partial charge is 0.461 e. The minimum absolute atomic E-state index is 0.190. The molecular weight excluding hydrogens is 454 g/mol. The molecule has 2 aromatic carbocycles. The average molecular weight is 474 g/mol. The third-order valence-corrected chi connectivity index (χ3v) is 8.44. The lowest BCUT2D eigenvalue weighted by molar-refractivity contribution is -0.137. The topological polar surface area (TPSA) is 91.7 Å². The quantitative estimate of drug-likeness (QED) is 0.550. The number of ketones is 1. The summed E-state index contributed by atoms with van der Waals surface area (Å²) in [5, 5.41) is 6.39. The number of carbonyl (C=O) groups is 3. The van der Waals surface area contributed by atoms with Gasteiger partial charge in [-0.05, 0) is 49.2 Å². The van der Waals surface area contributed by atoms with Crippen molar-refractivity contribution in [3.63, 3.8) is 0 Å². The van der Waals surface area contributed by atoms with Crippen LogP contribution in [0.4, 0.5) is 11.4 Å². The van der Waals surface area contributed by atoms with Gasteiger partial charge in [-0.3, -0.25) is 19.3 Å². The third-order valence-electron chi connectivity index (χ3n) is 8.13. The molecule has 4 unspecified atom stereocenters. The van der Waals surface area contributed by atoms with E-state index in [-0.39, 0.29) is 29.4 Å². The SMILES string of the molecule is O=C(c1ccco1)C1C2CCCN2C2(C(=O)Nc3c(Cl)cccc32)C12C(=O)Nc1ccccc12. The highest BCUT2D eigenvalue weighted by molar-refractivity contribution is 6.35. The fourth-order valence-electron chi connectivity index (χ4n) is 7.14. The van der Waals surface area contributed by atoms with Crippen LogP contribution < -0.4 is 10.6 Å². The molecule has 0 radical (unpaired) electrons. The van der Waals surface area contributed by atoms with Gasteiger partial charge < -0.3 is 15.1 Å². The van der Waals surface area contributed by atoms with Gasteiger partial charge in [-0.2, -0.15) is 0 Å². The van der Waals surface area contributed by atoms with Crippen molar-refractivity contribution < 1.29 is 18.8 Å². The molecule has 0 saturated carbocycles. The van der Waals surface area contributed by atoms with Crippen molar-refractivity contribution in [2.75, 3.05) is 17.2 Å². The van der Waals surface area contributed by atoms with Crippen LogP contribution in [0.3, 0.4) is 0 Å². The van der Waals surface area contributed by atoms with Gasteiger partial charge in [0.25, 0.3) is 5.91 Å². The van der Waals surface area contributed by atoms with E-state index in [1.54, 1.807) is 24.3 Å². The molecular formula is C26H20ClN3O4. The number of para-hydroxylation sites is 2. The van der Waals surface area contributed by atoms with Crippen molar-refractivity contribution in [1.29, 1.82) is 0 Å². The zero-order valence-electron chi connectivity index (χ0n) is 18.0. The number of nitrogens with zero attached hydrogens (tertiary/aromatic N) is 1. The molecule has 2 fully saturated rings. The Morgan fingerprint density at radius 3 is 2.65 bits per heavy atom. The number of carbonyl (C=O) groups excluding carboxylic acids is 3. The molecule has 7 rings (SSSR count). The van der Waals surface area contributed by atoms with Gasteiger partial charge in [-0.15, -0.1) is 0 Å². The number of hydrogen-bond donors (Lipinski definition) is 2. The van der Waals surface area contributed by atoms with Gasteiger partial charge in [-0.25, -0.2) is 0 Å². The zero-order valence-corrected chi connectivity index (χ0v) is 18.8. The first-order chi connectivity index (χ1) is 16.5. The van der Waals surface area contributed by atoms with E-state index in [1.165, 1.54) is 6.26 Å². The second-order valence-corrected chi connectivity index (χ2v) is 9.76. The van der Waals surface area contributed by atoms with Crippen LogP contribution >= 0.6 is 11.6 Å². The summed E-state index contributed by atoms with van der Waals surface area (Å²) in [6.07, 6.45) is 2.97. The van der Waals surface area contributed by atoms with E-state index in [0.717, 1.165) is 6.42 Å². The Balaban J connectivity index is 1.62. The Morgan fingerprint density at radius 1 is 1.00 bits per heavy atom. The molecule has 8 heteroatoms. The lowest BCUT2D eigenvalue weighted by atomic mass is 9.57. The first kappa shape index (κ1) is 20.0. The second-order valence-electron chi connectivity index (χ2n) is 9.36. The van der Waals surface area contributed by atoms with Crippen molar-refractivity contribution in [1.82, 2.24) is 4.90 Å². The first-order valence-electron chi connectivity index (χ1n) is 11.4.